The van der Waals surface area contributed by atoms with E-state index in [0.717, 1.165) is 36.5 Å². The molecule has 1 saturated heterocycles. The normalized spacial score (nSPS) is 14.6. The molecular weight excluding hydrogens is 511 g/mol. The second-order valence-electron chi connectivity index (χ2n) is 9.61. The highest BCUT2D eigenvalue weighted by atomic mass is 19.4. The minimum atomic E-state index is -4.59. The molecule has 4 aromatic rings. The van der Waals surface area contributed by atoms with E-state index in [1.165, 1.54) is 6.07 Å². The van der Waals surface area contributed by atoms with Gasteiger partial charge in [-0.05, 0) is 49.9 Å². The van der Waals surface area contributed by atoms with Gasteiger partial charge < -0.3 is 25.8 Å². The molecule has 5 rings (SSSR count). The molecule has 13 heteroatoms. The van der Waals surface area contributed by atoms with E-state index < -0.39 is 17.6 Å². The van der Waals surface area contributed by atoms with Crippen molar-refractivity contribution in [3.05, 3.63) is 59.3 Å². The average Bonchev–Trinajstić information content (AvgIpc) is 3.32. The van der Waals surface area contributed by atoms with Crippen LogP contribution in [0.5, 0.6) is 0 Å². The van der Waals surface area contributed by atoms with E-state index in [1.807, 2.05) is 24.9 Å². The van der Waals surface area contributed by atoms with E-state index >= 15 is 0 Å². The number of likely N-dealkylation sites (N-methyl/N-ethyl adjacent to an activating group) is 1. The lowest BCUT2D eigenvalue weighted by atomic mass is 10.1. The van der Waals surface area contributed by atoms with Gasteiger partial charge in [0, 0.05) is 62.0 Å². The maximum Gasteiger partial charge on any atom is 0.416 e. The Morgan fingerprint density at radius 2 is 1.87 bits per heavy atom. The van der Waals surface area contributed by atoms with Crippen molar-refractivity contribution in [1.29, 1.82) is 0 Å². The highest BCUT2D eigenvalue weighted by Crippen LogP contribution is 2.35. The number of nitrogens with zero attached hydrogens (tertiary/aromatic N) is 6. The number of carbonyl (C=O) groups excluding carboxylic acids is 1. The molecule has 10 nitrogen and oxygen atoms in total. The van der Waals surface area contributed by atoms with Gasteiger partial charge >= 0.3 is 6.18 Å². The number of alkyl halides is 3. The van der Waals surface area contributed by atoms with E-state index in [2.05, 4.69) is 30.4 Å². The van der Waals surface area contributed by atoms with Crippen molar-refractivity contribution >= 4 is 45.8 Å². The first-order chi connectivity index (χ1) is 18.5. The van der Waals surface area contributed by atoms with Gasteiger partial charge in [0.1, 0.15) is 0 Å². The van der Waals surface area contributed by atoms with Gasteiger partial charge in [-0.2, -0.15) is 23.3 Å². The van der Waals surface area contributed by atoms with Crippen LogP contribution in [0.4, 0.5) is 42.0 Å². The van der Waals surface area contributed by atoms with Crippen molar-refractivity contribution in [3.63, 3.8) is 0 Å². The third-order valence-corrected chi connectivity index (χ3v) is 6.84. The van der Waals surface area contributed by atoms with Gasteiger partial charge in [-0.15, -0.1) is 0 Å². The molecule has 0 aliphatic carbocycles. The summed E-state index contributed by atoms with van der Waals surface area (Å²) in [6.45, 7) is 4.50. The zero-order chi connectivity index (χ0) is 27.9. The Labute approximate surface area is 222 Å². The van der Waals surface area contributed by atoms with Crippen LogP contribution in [0.1, 0.15) is 21.5 Å². The zero-order valence-corrected chi connectivity index (χ0v) is 21.7. The van der Waals surface area contributed by atoms with Crippen molar-refractivity contribution < 1.29 is 18.0 Å². The topological polar surface area (TPSA) is 119 Å². The summed E-state index contributed by atoms with van der Waals surface area (Å²) in [5.74, 6) is 0.0286. The molecule has 4 N–H and O–H groups in total. The third-order valence-electron chi connectivity index (χ3n) is 6.84. The minimum Gasteiger partial charge on any atom is -0.369 e. The molecule has 2 aromatic carbocycles. The van der Waals surface area contributed by atoms with Crippen LogP contribution in [-0.4, -0.2) is 71.2 Å². The molecule has 3 heterocycles. The Balaban J connectivity index is 1.43. The van der Waals surface area contributed by atoms with Gasteiger partial charge in [0.2, 0.25) is 5.95 Å². The summed E-state index contributed by atoms with van der Waals surface area (Å²) in [7, 11) is 3.77. The van der Waals surface area contributed by atoms with Crippen LogP contribution in [0.15, 0.2) is 42.6 Å². The van der Waals surface area contributed by atoms with Crippen molar-refractivity contribution in [2.45, 2.75) is 13.1 Å². The number of carbonyl (C=O) groups is 1. The fourth-order valence-corrected chi connectivity index (χ4v) is 4.59. The number of nitrogens with two attached hydrogens (primary N) is 1. The first kappa shape index (κ1) is 26.2. The predicted octanol–water partition coefficient (Wildman–Crippen LogP) is 4.03. The van der Waals surface area contributed by atoms with Crippen molar-refractivity contribution in [2.75, 3.05) is 61.1 Å². The number of rotatable bonds is 5. The SMILES string of the molecule is Cc1ccc(NC(=O)c2cc(N3CCN(C)CC3)cc(C(F)(F)F)c2)cc1N(C)c1n[nH]c2nc(N)ncc12. The van der Waals surface area contributed by atoms with E-state index in [0.29, 0.717) is 41.3 Å². The monoisotopic (exact) mass is 539 g/mol. The van der Waals surface area contributed by atoms with Crippen LogP contribution in [-0.2, 0) is 6.18 Å². The van der Waals surface area contributed by atoms with E-state index in [9.17, 15) is 18.0 Å². The molecule has 2 aromatic heterocycles. The number of anilines is 5. The maximum absolute atomic E-state index is 13.7. The summed E-state index contributed by atoms with van der Waals surface area (Å²) in [5, 5.41) is 10.6. The molecule has 1 aliphatic rings. The fraction of sp³-hybridized carbons (Fsp3) is 0.308. The standard InChI is InChI=1S/C26H28F3N9O/c1-15-4-5-18(13-21(15)37(3)23-20-14-31-25(30)33-22(20)34-35-23)32-24(39)16-10-17(26(27,28)29)12-19(11-16)38-8-6-36(2)7-9-38/h4-5,10-14H,6-9H2,1-3H3,(H,32,39)(H3,30,31,33,34,35). The maximum atomic E-state index is 13.7. The molecule has 0 unspecified atom stereocenters. The van der Waals surface area contributed by atoms with E-state index in [1.54, 1.807) is 30.3 Å². The number of fused-ring (bicyclic) bond motifs is 1. The smallest absolute Gasteiger partial charge is 0.369 e. The lowest BCUT2D eigenvalue weighted by Gasteiger charge is -2.34. The number of aromatic nitrogens is 4. The quantitative estimate of drug-likeness (QED) is 0.348. The number of hydrogen-bond donors (Lipinski definition) is 3. The molecule has 1 fully saturated rings. The molecule has 1 amide bonds. The molecule has 204 valence electrons. The number of aromatic amines is 1. The molecular formula is C26H28F3N9O. The number of benzene rings is 2. The van der Waals surface area contributed by atoms with Gasteiger partial charge in [0.15, 0.2) is 11.5 Å². The Morgan fingerprint density at radius 3 is 2.59 bits per heavy atom. The van der Waals surface area contributed by atoms with Crippen LogP contribution >= 0.6 is 0 Å². The second-order valence-corrected chi connectivity index (χ2v) is 9.61. The summed E-state index contributed by atoms with van der Waals surface area (Å²) >= 11 is 0. The Hall–Kier alpha value is -4.39. The molecule has 0 bridgehead atoms. The number of amides is 1. The number of nitrogen functional groups attached to an aromatic ring is 1. The zero-order valence-electron chi connectivity index (χ0n) is 21.7. The summed E-state index contributed by atoms with van der Waals surface area (Å²) in [6.07, 6.45) is -3.02. The lowest BCUT2D eigenvalue weighted by Crippen LogP contribution is -2.44. The summed E-state index contributed by atoms with van der Waals surface area (Å²) < 4.78 is 41.2. The number of aryl methyl sites for hydroxylation is 1. The van der Waals surface area contributed by atoms with Gasteiger partial charge in [-0.1, -0.05) is 6.07 Å². The van der Waals surface area contributed by atoms with E-state index in [-0.39, 0.29) is 11.5 Å². The van der Waals surface area contributed by atoms with Gasteiger partial charge in [-0.25, -0.2) is 4.98 Å². The van der Waals surface area contributed by atoms with Crippen LogP contribution in [0.2, 0.25) is 0 Å². The van der Waals surface area contributed by atoms with E-state index in [4.69, 9.17) is 5.73 Å². The number of hydrogen-bond acceptors (Lipinski definition) is 8. The number of nitrogens with one attached hydrogen (secondary N) is 2. The summed E-state index contributed by atoms with van der Waals surface area (Å²) in [5.41, 5.74) is 7.62. The largest absolute Gasteiger partial charge is 0.416 e. The number of halogens is 3. The molecule has 0 radical (unpaired) electrons. The first-order valence-corrected chi connectivity index (χ1v) is 12.3. The Bertz CT molecular complexity index is 1530. The van der Waals surface area contributed by atoms with Crippen molar-refractivity contribution in [2.24, 2.45) is 0 Å². The molecule has 0 spiro atoms. The summed E-state index contributed by atoms with van der Waals surface area (Å²) in [6, 6.07) is 8.75. The van der Waals surface area contributed by atoms with Gasteiger partial charge in [-0.3, -0.25) is 9.89 Å². The lowest BCUT2D eigenvalue weighted by molar-refractivity contribution is -0.137. The van der Waals surface area contributed by atoms with Crippen LogP contribution in [0.3, 0.4) is 0 Å². The molecule has 39 heavy (non-hydrogen) atoms. The molecule has 0 saturated carbocycles. The highest BCUT2D eigenvalue weighted by molar-refractivity contribution is 6.05. The van der Waals surface area contributed by atoms with Gasteiger partial charge in [0.25, 0.3) is 5.91 Å². The van der Waals surface area contributed by atoms with Crippen LogP contribution < -0.4 is 20.9 Å². The van der Waals surface area contributed by atoms with Gasteiger partial charge in [0.05, 0.1) is 10.9 Å². The fourth-order valence-electron chi connectivity index (χ4n) is 4.59. The first-order valence-electron chi connectivity index (χ1n) is 12.3. The third kappa shape index (κ3) is 5.43. The Morgan fingerprint density at radius 1 is 1.13 bits per heavy atom. The predicted molar refractivity (Wildman–Crippen MR) is 144 cm³/mol. The van der Waals surface area contributed by atoms with Crippen molar-refractivity contribution in [3.8, 4) is 0 Å². The Kier molecular flexibility index (Phi) is 6.76. The second kappa shape index (κ2) is 10.1. The summed E-state index contributed by atoms with van der Waals surface area (Å²) in [4.78, 5) is 27.2. The molecule has 1 aliphatic heterocycles. The number of piperazine rings is 1. The van der Waals surface area contributed by atoms with Crippen molar-refractivity contribution in [1.82, 2.24) is 25.1 Å². The highest BCUT2D eigenvalue weighted by Gasteiger charge is 2.32. The molecule has 0 atom stereocenters. The minimum absolute atomic E-state index is 0.0673. The average molecular weight is 540 g/mol. The number of H-pyrrole nitrogens is 1. The van der Waals surface area contributed by atoms with Crippen LogP contribution in [0, 0.1) is 6.92 Å². The van der Waals surface area contributed by atoms with Crippen LogP contribution in [0.25, 0.3) is 11.0 Å².